The number of carbonyl (C=O) groups excluding carboxylic acids is 1. The first-order valence-electron chi connectivity index (χ1n) is 7.79. The van der Waals surface area contributed by atoms with Crippen LogP contribution in [0.3, 0.4) is 0 Å². The van der Waals surface area contributed by atoms with Gasteiger partial charge >= 0.3 is 0 Å². The number of sulfonamides is 1. The van der Waals surface area contributed by atoms with E-state index in [4.69, 9.17) is 4.74 Å². The number of benzene rings is 1. The summed E-state index contributed by atoms with van der Waals surface area (Å²) in [6, 6.07) is 8.96. The average Bonchev–Trinajstić information content (AvgIpc) is 3.01. The molecule has 0 unspecified atom stereocenters. The maximum atomic E-state index is 12.4. The van der Waals surface area contributed by atoms with Gasteiger partial charge in [0.25, 0.3) is 0 Å². The minimum atomic E-state index is -3.33. The van der Waals surface area contributed by atoms with Crippen LogP contribution in [0.1, 0.15) is 19.3 Å². The third kappa shape index (κ3) is 4.94. The highest BCUT2D eigenvalue weighted by Crippen LogP contribution is 2.21. The Morgan fingerprint density at radius 2 is 2.04 bits per heavy atom. The van der Waals surface area contributed by atoms with Crippen molar-refractivity contribution in [3.05, 3.63) is 30.3 Å². The van der Waals surface area contributed by atoms with Crippen LogP contribution >= 0.6 is 0 Å². The molecule has 1 aliphatic rings. The lowest BCUT2D eigenvalue weighted by Gasteiger charge is -2.26. The predicted molar refractivity (Wildman–Crippen MR) is 88.8 cm³/mol. The third-order valence-corrected chi connectivity index (χ3v) is 5.23. The zero-order valence-corrected chi connectivity index (χ0v) is 14.5. The zero-order valence-electron chi connectivity index (χ0n) is 13.6. The Morgan fingerprint density at radius 1 is 1.35 bits per heavy atom. The first kappa shape index (κ1) is 17.7. The number of rotatable bonds is 7. The van der Waals surface area contributed by atoms with E-state index in [0.29, 0.717) is 32.5 Å². The minimum absolute atomic E-state index is 0.132. The molecule has 1 aromatic rings. The van der Waals surface area contributed by atoms with Crippen LogP contribution in [-0.2, 0) is 14.8 Å². The van der Waals surface area contributed by atoms with Gasteiger partial charge in [0.2, 0.25) is 15.9 Å². The topological polar surface area (TPSA) is 66.9 Å². The van der Waals surface area contributed by atoms with Crippen molar-refractivity contribution in [3.63, 3.8) is 0 Å². The largest absolute Gasteiger partial charge is 0.494 e. The van der Waals surface area contributed by atoms with Crippen molar-refractivity contribution in [2.24, 2.45) is 0 Å². The molecule has 0 N–H and O–H groups in total. The van der Waals surface area contributed by atoms with Crippen LogP contribution in [0.2, 0.25) is 0 Å². The zero-order chi connectivity index (χ0) is 16.9. The van der Waals surface area contributed by atoms with Gasteiger partial charge in [-0.2, -0.15) is 4.31 Å². The summed E-state index contributed by atoms with van der Waals surface area (Å²) in [5, 5.41) is 0. The van der Waals surface area contributed by atoms with Gasteiger partial charge in [0.1, 0.15) is 11.8 Å². The third-order valence-electron chi connectivity index (χ3n) is 3.94. The molecule has 23 heavy (non-hydrogen) atoms. The van der Waals surface area contributed by atoms with Gasteiger partial charge in [0.05, 0.1) is 12.9 Å². The predicted octanol–water partition coefficient (Wildman–Crippen LogP) is 1.34. The van der Waals surface area contributed by atoms with E-state index in [2.05, 4.69) is 0 Å². The summed E-state index contributed by atoms with van der Waals surface area (Å²) in [5.41, 5.74) is 0. The Bertz CT molecular complexity index is 618. The molecule has 1 saturated heterocycles. The second kappa shape index (κ2) is 7.79. The smallest absolute Gasteiger partial charge is 0.240 e. The summed E-state index contributed by atoms with van der Waals surface area (Å²) in [6.07, 6.45) is 3.18. The minimum Gasteiger partial charge on any atom is -0.494 e. The second-order valence-corrected chi connectivity index (χ2v) is 7.74. The Hall–Kier alpha value is -1.60. The van der Waals surface area contributed by atoms with Gasteiger partial charge in [0.15, 0.2) is 0 Å². The van der Waals surface area contributed by atoms with E-state index >= 15 is 0 Å². The fraction of sp³-hybridized carbons (Fsp3) is 0.562. The summed E-state index contributed by atoms with van der Waals surface area (Å²) >= 11 is 0. The van der Waals surface area contributed by atoms with Crippen LogP contribution in [-0.4, -0.2) is 62.6 Å². The molecule has 1 fully saturated rings. The Labute approximate surface area is 138 Å². The summed E-state index contributed by atoms with van der Waals surface area (Å²) in [7, 11) is -1.62. The van der Waals surface area contributed by atoms with Gasteiger partial charge < -0.3 is 9.64 Å². The van der Waals surface area contributed by atoms with Gasteiger partial charge in [-0.05, 0) is 31.4 Å². The van der Waals surface area contributed by atoms with Crippen LogP contribution in [0.5, 0.6) is 5.75 Å². The molecule has 6 nitrogen and oxygen atoms in total. The van der Waals surface area contributed by atoms with Crippen LogP contribution < -0.4 is 4.74 Å². The standard InChI is InChI=1S/C16H24N2O4S/c1-17(11-7-13-22-14-8-4-3-5-9-14)16(19)15-10-6-12-18(15)23(2,20)21/h3-5,8-9,15H,6-7,10-13H2,1-2H3/t15-/m1/s1. The fourth-order valence-electron chi connectivity index (χ4n) is 2.76. The molecule has 128 valence electrons. The second-order valence-electron chi connectivity index (χ2n) is 5.81. The molecule has 1 heterocycles. The number of carbonyl (C=O) groups is 1. The molecule has 1 atom stereocenters. The SMILES string of the molecule is CN(CCCOc1ccccc1)C(=O)[C@H]1CCCN1S(C)(=O)=O. The van der Waals surface area contributed by atoms with Crippen molar-refractivity contribution < 1.29 is 17.9 Å². The quantitative estimate of drug-likeness (QED) is 0.703. The highest BCUT2D eigenvalue weighted by Gasteiger charge is 2.37. The van der Waals surface area contributed by atoms with Gasteiger partial charge in [-0.1, -0.05) is 18.2 Å². The van der Waals surface area contributed by atoms with Crippen LogP contribution in [0.25, 0.3) is 0 Å². The molecule has 0 aromatic heterocycles. The lowest BCUT2D eigenvalue weighted by molar-refractivity contribution is -0.133. The first-order chi connectivity index (χ1) is 10.9. The number of likely N-dealkylation sites (N-methyl/N-ethyl adjacent to an activating group) is 1. The number of amides is 1. The highest BCUT2D eigenvalue weighted by molar-refractivity contribution is 7.88. The van der Waals surface area contributed by atoms with Gasteiger partial charge in [0, 0.05) is 20.1 Å². The highest BCUT2D eigenvalue weighted by atomic mass is 32.2. The van der Waals surface area contributed by atoms with Crippen molar-refractivity contribution >= 4 is 15.9 Å². The average molecular weight is 340 g/mol. The van der Waals surface area contributed by atoms with Gasteiger partial charge in [-0.15, -0.1) is 0 Å². The first-order valence-corrected chi connectivity index (χ1v) is 9.64. The van der Waals surface area contributed by atoms with Crippen molar-refractivity contribution in [2.45, 2.75) is 25.3 Å². The lowest BCUT2D eigenvalue weighted by Crippen LogP contribution is -2.46. The number of para-hydroxylation sites is 1. The molecule has 2 rings (SSSR count). The molecule has 0 bridgehead atoms. The Kier molecular flexibility index (Phi) is 6.01. The summed E-state index contributed by atoms with van der Waals surface area (Å²) in [4.78, 5) is 14.0. The normalized spacial score (nSPS) is 18.8. The summed E-state index contributed by atoms with van der Waals surface area (Å²) in [6.45, 7) is 1.49. The van der Waals surface area contributed by atoms with Crippen molar-refractivity contribution in [3.8, 4) is 5.75 Å². The van der Waals surface area contributed by atoms with E-state index in [1.807, 2.05) is 30.3 Å². The monoisotopic (exact) mass is 340 g/mol. The Morgan fingerprint density at radius 3 is 2.70 bits per heavy atom. The molecule has 0 spiro atoms. The number of hydrogen-bond acceptors (Lipinski definition) is 4. The molecule has 1 aromatic carbocycles. The van der Waals surface area contributed by atoms with Crippen LogP contribution in [0.15, 0.2) is 30.3 Å². The van der Waals surface area contributed by atoms with Crippen LogP contribution in [0, 0.1) is 0 Å². The van der Waals surface area contributed by atoms with E-state index in [9.17, 15) is 13.2 Å². The molecule has 0 aliphatic carbocycles. The maximum Gasteiger partial charge on any atom is 0.240 e. The number of ether oxygens (including phenoxy) is 1. The van der Waals surface area contributed by atoms with Crippen molar-refractivity contribution in [1.29, 1.82) is 0 Å². The fourth-order valence-corrected chi connectivity index (χ4v) is 3.88. The molecular formula is C16H24N2O4S. The van der Waals surface area contributed by atoms with E-state index in [1.165, 1.54) is 4.31 Å². The van der Waals surface area contributed by atoms with Gasteiger partial charge in [-0.25, -0.2) is 8.42 Å². The van der Waals surface area contributed by atoms with E-state index < -0.39 is 16.1 Å². The molecule has 7 heteroatoms. The van der Waals surface area contributed by atoms with Crippen LogP contribution in [0.4, 0.5) is 0 Å². The molecular weight excluding hydrogens is 316 g/mol. The lowest BCUT2D eigenvalue weighted by atomic mass is 10.2. The number of hydrogen-bond donors (Lipinski definition) is 0. The molecule has 0 saturated carbocycles. The van der Waals surface area contributed by atoms with E-state index in [0.717, 1.165) is 18.4 Å². The van der Waals surface area contributed by atoms with Crippen molar-refractivity contribution in [2.75, 3.05) is 33.0 Å². The Balaban J connectivity index is 1.79. The summed E-state index contributed by atoms with van der Waals surface area (Å²) < 4.78 is 30.4. The van der Waals surface area contributed by atoms with E-state index in [1.54, 1.807) is 11.9 Å². The molecule has 0 radical (unpaired) electrons. The molecule has 1 amide bonds. The van der Waals surface area contributed by atoms with Crippen molar-refractivity contribution in [1.82, 2.24) is 9.21 Å². The summed E-state index contributed by atoms with van der Waals surface area (Å²) in [5.74, 6) is 0.674. The van der Waals surface area contributed by atoms with E-state index in [-0.39, 0.29) is 5.91 Å². The molecule has 1 aliphatic heterocycles. The maximum absolute atomic E-state index is 12.4. The number of nitrogens with zero attached hydrogens (tertiary/aromatic N) is 2. The van der Waals surface area contributed by atoms with Gasteiger partial charge in [-0.3, -0.25) is 4.79 Å².